The molecule has 2 fully saturated rings. The van der Waals surface area contributed by atoms with Crippen molar-refractivity contribution in [2.75, 3.05) is 33.8 Å². The molecule has 236 valence electrons. The quantitative estimate of drug-likeness (QED) is 0.425. The highest BCUT2D eigenvalue weighted by atomic mass is 16.5. The van der Waals surface area contributed by atoms with Crippen LogP contribution in [0.15, 0.2) is 121 Å². The molecule has 4 aliphatic heterocycles. The third-order valence-corrected chi connectivity index (χ3v) is 9.42. The van der Waals surface area contributed by atoms with E-state index < -0.39 is 17.9 Å². The summed E-state index contributed by atoms with van der Waals surface area (Å²) in [4.78, 5) is 32.4. The number of benzene rings is 3. The van der Waals surface area contributed by atoms with E-state index in [1.807, 2.05) is 84.6 Å². The molecule has 0 radical (unpaired) electrons. The van der Waals surface area contributed by atoms with Crippen molar-refractivity contribution in [3.05, 3.63) is 137 Å². The van der Waals surface area contributed by atoms with Gasteiger partial charge in [0.05, 0.1) is 19.4 Å². The maximum atomic E-state index is 14.2. The van der Waals surface area contributed by atoms with Crippen molar-refractivity contribution < 1.29 is 19.1 Å². The number of allylic oxidation sites excluding steroid dienone is 4. The van der Waals surface area contributed by atoms with Crippen LogP contribution in [-0.2, 0) is 16.1 Å². The highest BCUT2D eigenvalue weighted by molar-refractivity contribution is 5.83. The summed E-state index contributed by atoms with van der Waals surface area (Å²) in [5.41, 5.74) is 3.25. The number of nitrogens with one attached hydrogen (secondary N) is 1. The number of hydrogen-bond acceptors (Lipinski definition) is 6. The van der Waals surface area contributed by atoms with Crippen LogP contribution in [0.4, 0.5) is 4.79 Å². The molecule has 2 saturated heterocycles. The second-order valence-corrected chi connectivity index (χ2v) is 12.3. The molecule has 0 aliphatic carbocycles. The summed E-state index contributed by atoms with van der Waals surface area (Å²) < 4.78 is 12.3. The molecule has 3 aromatic carbocycles. The predicted octanol–water partition coefficient (Wildman–Crippen LogP) is 5.19. The molecule has 1 spiro atoms. The topological polar surface area (TPSA) is 77.6 Å². The van der Waals surface area contributed by atoms with E-state index in [-0.39, 0.29) is 24.4 Å². The number of urea groups is 1. The summed E-state index contributed by atoms with van der Waals surface area (Å²) in [7, 11) is 3.43. The fraction of sp³-hybridized carbons (Fsp3) is 0.297. The molecule has 1 N–H and O–H groups in total. The number of likely N-dealkylation sites (N-methyl/N-ethyl adjacent to an activating group) is 1. The van der Waals surface area contributed by atoms with Crippen LogP contribution in [0, 0.1) is 0 Å². The first-order valence-corrected chi connectivity index (χ1v) is 15.7. The van der Waals surface area contributed by atoms with E-state index in [9.17, 15) is 9.59 Å². The minimum Gasteiger partial charge on any atom is -0.497 e. The van der Waals surface area contributed by atoms with Crippen molar-refractivity contribution in [2.24, 2.45) is 0 Å². The number of nitrogens with zero attached hydrogens (tertiary/aromatic N) is 4. The Morgan fingerprint density at radius 2 is 1.67 bits per heavy atom. The molecule has 9 heteroatoms. The first kappa shape index (κ1) is 29.8. The lowest BCUT2D eigenvalue weighted by atomic mass is 9.78. The number of carbonyl (C=O) groups excluding carboxylic acids is 2. The molecule has 4 heterocycles. The van der Waals surface area contributed by atoms with Gasteiger partial charge in [0, 0.05) is 32.6 Å². The van der Waals surface area contributed by atoms with Crippen molar-refractivity contribution in [3.8, 4) is 5.75 Å². The highest BCUT2D eigenvalue weighted by Gasteiger charge is 2.61. The van der Waals surface area contributed by atoms with Crippen LogP contribution in [0.2, 0.25) is 0 Å². The van der Waals surface area contributed by atoms with Gasteiger partial charge in [-0.05, 0) is 53.5 Å². The zero-order valence-corrected chi connectivity index (χ0v) is 26.4. The summed E-state index contributed by atoms with van der Waals surface area (Å²) in [5.74, 6) is 1.54. The first-order chi connectivity index (χ1) is 22.4. The predicted molar refractivity (Wildman–Crippen MR) is 175 cm³/mol. The van der Waals surface area contributed by atoms with E-state index in [4.69, 9.17) is 9.47 Å². The second kappa shape index (κ2) is 12.2. The van der Waals surface area contributed by atoms with E-state index in [2.05, 4.69) is 46.6 Å². The lowest BCUT2D eigenvalue weighted by molar-refractivity contribution is -0.239. The summed E-state index contributed by atoms with van der Waals surface area (Å²) in [6, 6.07) is 27.4. The lowest BCUT2D eigenvalue weighted by Gasteiger charge is -2.63. The Morgan fingerprint density at radius 1 is 0.978 bits per heavy atom. The molecule has 4 aliphatic rings. The zero-order valence-electron chi connectivity index (χ0n) is 26.4. The number of rotatable bonds is 5. The number of hydrogen-bond donors (Lipinski definition) is 1. The first-order valence-electron chi connectivity index (χ1n) is 15.7. The molecular weight excluding hydrogens is 578 g/mol. The lowest BCUT2D eigenvalue weighted by Crippen LogP contribution is -2.78. The largest absolute Gasteiger partial charge is 0.497 e. The van der Waals surface area contributed by atoms with Crippen LogP contribution in [-0.4, -0.2) is 77.4 Å². The summed E-state index contributed by atoms with van der Waals surface area (Å²) in [5, 5.41) is 6.54. The van der Waals surface area contributed by atoms with Crippen molar-refractivity contribution in [1.29, 1.82) is 0 Å². The Balaban J connectivity index is 1.31. The molecular formula is C37H39N5O4. The number of carbonyl (C=O) groups is 2. The fourth-order valence-corrected chi connectivity index (χ4v) is 7.32. The van der Waals surface area contributed by atoms with Gasteiger partial charge >= 0.3 is 6.03 Å². The molecule has 3 amide bonds. The number of piperazine rings is 1. The smallest absolute Gasteiger partial charge is 0.334 e. The van der Waals surface area contributed by atoms with E-state index in [0.29, 0.717) is 19.6 Å². The van der Waals surface area contributed by atoms with Gasteiger partial charge in [-0.25, -0.2) is 14.8 Å². The SMILES string of the molecule is COc1ccc(CNC(=O)N2[C@H]3CN4CC(c5ccccc5)C5=CC4(O/C(C)=C\C=C5)[C@H](c4ccccc4)N3C(=O)CN2C)cc1. The van der Waals surface area contributed by atoms with Gasteiger partial charge in [-0.3, -0.25) is 9.69 Å². The molecule has 7 rings (SSSR count). The second-order valence-electron chi connectivity index (χ2n) is 12.3. The average Bonchev–Trinajstić information content (AvgIpc) is 3.06. The monoisotopic (exact) mass is 617 g/mol. The standard InChI is InChI=1S/C37H39N5O4/c1-26-11-10-16-30-21-37(46-26)35(29-14-8-5-9-15-29)41-33(24-40(37)23-32(30)28-12-6-4-7-13-28)42(39(2)25-34(41)43)36(44)38-22-27-17-19-31(45-3)20-18-27/h4-21,32-33,35H,22-25H2,1-3H3,(H,38,44)/b16-10?,26-11-/t32?,33-,35-,37?/m0/s1. The maximum Gasteiger partial charge on any atom is 0.334 e. The minimum atomic E-state index is -0.985. The summed E-state index contributed by atoms with van der Waals surface area (Å²) >= 11 is 0. The summed E-state index contributed by atoms with van der Waals surface area (Å²) in [6.45, 7) is 3.41. The third kappa shape index (κ3) is 5.25. The van der Waals surface area contributed by atoms with Crippen molar-refractivity contribution in [3.63, 3.8) is 0 Å². The Labute approximate surface area is 269 Å². The molecule has 0 aromatic heterocycles. The van der Waals surface area contributed by atoms with Gasteiger partial charge in [0.1, 0.15) is 18.0 Å². The number of amides is 3. The molecule has 2 unspecified atom stereocenters. The highest BCUT2D eigenvalue weighted by Crippen LogP contribution is 2.51. The molecule has 0 saturated carbocycles. The molecule has 4 atom stereocenters. The normalized spacial score (nSPS) is 27.2. The molecule has 2 bridgehead atoms. The van der Waals surface area contributed by atoms with Crippen LogP contribution in [0.1, 0.15) is 35.6 Å². The Kier molecular flexibility index (Phi) is 7.88. The van der Waals surface area contributed by atoms with Crippen molar-refractivity contribution in [1.82, 2.24) is 25.1 Å². The van der Waals surface area contributed by atoms with E-state index in [1.165, 1.54) is 5.56 Å². The maximum absolute atomic E-state index is 14.2. The van der Waals surface area contributed by atoms with Gasteiger partial charge in [-0.15, -0.1) is 0 Å². The fourth-order valence-electron chi connectivity index (χ4n) is 7.32. The van der Waals surface area contributed by atoms with Gasteiger partial charge in [-0.1, -0.05) is 84.9 Å². The van der Waals surface area contributed by atoms with Gasteiger partial charge in [0.15, 0.2) is 0 Å². The van der Waals surface area contributed by atoms with E-state index in [1.54, 1.807) is 24.2 Å². The van der Waals surface area contributed by atoms with Gasteiger partial charge < -0.3 is 19.7 Å². The van der Waals surface area contributed by atoms with Crippen LogP contribution >= 0.6 is 0 Å². The van der Waals surface area contributed by atoms with Crippen LogP contribution in [0.25, 0.3) is 0 Å². The number of ether oxygens (including phenoxy) is 2. The minimum absolute atomic E-state index is 0.0578. The van der Waals surface area contributed by atoms with Gasteiger partial charge in [0.2, 0.25) is 11.6 Å². The van der Waals surface area contributed by atoms with Gasteiger partial charge in [-0.2, -0.15) is 0 Å². The van der Waals surface area contributed by atoms with E-state index in [0.717, 1.165) is 28.2 Å². The zero-order chi connectivity index (χ0) is 31.8. The number of hydrazine groups is 1. The number of fused-ring (bicyclic) bond motifs is 1. The Morgan fingerprint density at radius 3 is 2.37 bits per heavy atom. The van der Waals surface area contributed by atoms with Gasteiger partial charge in [0.25, 0.3) is 0 Å². The summed E-state index contributed by atoms with van der Waals surface area (Å²) in [6.07, 6.45) is 7.84. The Bertz CT molecular complexity index is 1690. The third-order valence-electron chi connectivity index (χ3n) is 9.42. The number of methoxy groups -OCH3 is 1. The van der Waals surface area contributed by atoms with Crippen LogP contribution in [0.3, 0.4) is 0 Å². The van der Waals surface area contributed by atoms with Crippen molar-refractivity contribution in [2.45, 2.75) is 37.3 Å². The van der Waals surface area contributed by atoms with Crippen LogP contribution < -0.4 is 10.1 Å². The van der Waals surface area contributed by atoms with Crippen LogP contribution in [0.5, 0.6) is 5.75 Å². The van der Waals surface area contributed by atoms with E-state index >= 15 is 0 Å². The van der Waals surface area contributed by atoms with Crippen molar-refractivity contribution >= 4 is 11.9 Å². The average molecular weight is 618 g/mol. The Hall–Kier alpha value is -4.86. The molecule has 3 aromatic rings. The molecule has 46 heavy (non-hydrogen) atoms. The molecule has 9 nitrogen and oxygen atoms in total.